The van der Waals surface area contributed by atoms with E-state index in [4.69, 9.17) is 26.2 Å². The van der Waals surface area contributed by atoms with E-state index in [1.54, 1.807) is 29.3 Å². The summed E-state index contributed by atoms with van der Waals surface area (Å²) < 4.78 is 11.9. The number of pyridine rings is 1. The summed E-state index contributed by atoms with van der Waals surface area (Å²) in [6.07, 6.45) is 7.30. The maximum Gasteiger partial charge on any atom is 0.250 e. The molecular weight excluding hydrogens is 544 g/mol. The summed E-state index contributed by atoms with van der Waals surface area (Å²) in [5, 5.41) is 13.4. The molecule has 0 aliphatic carbocycles. The Balaban J connectivity index is 1.35. The number of benzene rings is 2. The third-order valence-electron chi connectivity index (χ3n) is 6.53. The van der Waals surface area contributed by atoms with Crippen molar-refractivity contribution < 1.29 is 19.4 Å². The Morgan fingerprint density at radius 3 is 2.93 bits per heavy atom. The van der Waals surface area contributed by atoms with E-state index in [0.717, 1.165) is 12.2 Å². The molecule has 3 heterocycles. The minimum atomic E-state index is -0.135. The van der Waals surface area contributed by atoms with Crippen LogP contribution in [0.5, 0.6) is 11.5 Å². The fourth-order valence-electron chi connectivity index (χ4n) is 4.48. The first-order valence-electron chi connectivity index (χ1n) is 13.3. The normalized spacial score (nSPS) is 12.9. The van der Waals surface area contributed by atoms with E-state index < -0.39 is 0 Å². The van der Waals surface area contributed by atoms with Crippen LogP contribution in [0.3, 0.4) is 0 Å². The van der Waals surface area contributed by atoms with Crippen molar-refractivity contribution >= 4 is 45.6 Å². The third kappa shape index (κ3) is 6.91. The lowest BCUT2D eigenvalue weighted by molar-refractivity contribution is -0.114. The van der Waals surface area contributed by atoms with Crippen LogP contribution in [-0.4, -0.2) is 70.8 Å². The van der Waals surface area contributed by atoms with Gasteiger partial charge in [0.25, 0.3) is 5.91 Å². The number of carbonyl (C=O) groups is 1. The number of aromatic nitrogens is 3. The second-order valence-corrected chi connectivity index (χ2v) is 9.90. The lowest BCUT2D eigenvalue weighted by atomic mass is 10.1. The van der Waals surface area contributed by atoms with Gasteiger partial charge < -0.3 is 29.7 Å². The number of nitrogens with zero attached hydrogens (tertiary/aromatic N) is 5. The maximum atomic E-state index is 13.1. The van der Waals surface area contributed by atoms with Gasteiger partial charge in [0.1, 0.15) is 31.1 Å². The van der Waals surface area contributed by atoms with Crippen molar-refractivity contribution in [2.75, 3.05) is 50.1 Å². The van der Waals surface area contributed by atoms with E-state index in [9.17, 15) is 4.79 Å². The molecule has 1 amide bonds. The molecule has 2 aromatic carbocycles. The fourth-order valence-corrected chi connectivity index (χ4v) is 4.71. The van der Waals surface area contributed by atoms with Crippen molar-refractivity contribution in [2.45, 2.75) is 13.0 Å². The van der Waals surface area contributed by atoms with Gasteiger partial charge in [-0.05, 0) is 55.9 Å². The highest BCUT2D eigenvalue weighted by Crippen LogP contribution is 2.41. The van der Waals surface area contributed by atoms with Crippen molar-refractivity contribution in [1.29, 1.82) is 0 Å². The van der Waals surface area contributed by atoms with Crippen molar-refractivity contribution in [3.05, 3.63) is 83.9 Å². The van der Waals surface area contributed by atoms with Crippen molar-refractivity contribution in [3.8, 4) is 11.5 Å². The van der Waals surface area contributed by atoms with Gasteiger partial charge in [-0.15, -0.1) is 0 Å². The van der Waals surface area contributed by atoms with Gasteiger partial charge in [-0.1, -0.05) is 23.7 Å². The average Bonchev–Trinajstić information content (AvgIpc) is 2.99. The van der Waals surface area contributed by atoms with E-state index >= 15 is 0 Å². The Morgan fingerprint density at radius 1 is 1.22 bits per heavy atom. The Labute approximate surface area is 243 Å². The molecule has 1 aliphatic heterocycles. The number of aliphatic hydroxyl groups excluding tert-OH is 1. The first-order chi connectivity index (χ1) is 20.0. The molecule has 41 heavy (non-hydrogen) atoms. The molecule has 0 spiro atoms. The Hall–Kier alpha value is -4.25. The van der Waals surface area contributed by atoms with Crippen LogP contribution < -0.4 is 19.7 Å². The van der Waals surface area contributed by atoms with E-state index in [2.05, 4.69) is 20.3 Å². The van der Waals surface area contributed by atoms with Gasteiger partial charge in [0, 0.05) is 37.7 Å². The minimum Gasteiger partial charge on any atom is -0.489 e. The summed E-state index contributed by atoms with van der Waals surface area (Å²) in [6.45, 7) is 2.57. The van der Waals surface area contributed by atoms with Gasteiger partial charge in [0.05, 0.1) is 33.9 Å². The number of aliphatic hydroxyl groups is 1. The molecule has 5 rings (SSSR count). The molecule has 2 N–H and O–H groups in total. The van der Waals surface area contributed by atoms with E-state index in [1.807, 2.05) is 54.4 Å². The van der Waals surface area contributed by atoms with Gasteiger partial charge in [0.2, 0.25) is 0 Å². The highest BCUT2D eigenvalue weighted by atomic mass is 35.5. The second kappa shape index (κ2) is 13.4. The molecule has 0 unspecified atom stereocenters. The molecule has 0 saturated heterocycles. The largest absolute Gasteiger partial charge is 0.489 e. The number of anilines is 3. The number of halogens is 1. The standard InChI is InChI=1S/C30H31ClN6O4/c1-36(14-5-16-38)13-4-7-27(39)37-15-17-40-29-25(37)10-9-24-28(29)30(34-20-33-24)35-21-8-11-26(23(31)18-21)41-19-22-6-2-3-12-32-22/h2-4,6-12,18,20,38H,5,13-17,19H2,1H3,(H,33,34,35)/b7-4+. The van der Waals surface area contributed by atoms with Crippen LogP contribution >= 0.6 is 11.6 Å². The number of amides is 1. The molecule has 10 nitrogen and oxygen atoms in total. The molecule has 4 aromatic rings. The number of nitrogens with one attached hydrogen (secondary N) is 1. The lowest BCUT2D eigenvalue weighted by Crippen LogP contribution is -2.37. The number of ether oxygens (including phenoxy) is 2. The van der Waals surface area contributed by atoms with Crippen molar-refractivity contribution in [3.63, 3.8) is 0 Å². The molecule has 2 aromatic heterocycles. The molecule has 0 fully saturated rings. The average molecular weight is 575 g/mol. The Bertz CT molecular complexity index is 1530. The summed E-state index contributed by atoms with van der Waals surface area (Å²) in [5.74, 6) is 1.47. The van der Waals surface area contributed by atoms with E-state index in [1.165, 1.54) is 6.33 Å². The topological polar surface area (TPSA) is 113 Å². The quantitative estimate of drug-likeness (QED) is 0.248. The van der Waals surface area contributed by atoms with Gasteiger partial charge in [-0.25, -0.2) is 9.97 Å². The number of hydrogen-bond donors (Lipinski definition) is 2. The molecule has 0 saturated carbocycles. The number of hydrogen-bond acceptors (Lipinski definition) is 9. The minimum absolute atomic E-state index is 0.135. The zero-order valence-electron chi connectivity index (χ0n) is 22.7. The monoisotopic (exact) mass is 574 g/mol. The zero-order chi connectivity index (χ0) is 28.6. The van der Waals surface area contributed by atoms with Crippen LogP contribution in [-0.2, 0) is 11.4 Å². The first kappa shape index (κ1) is 28.3. The summed E-state index contributed by atoms with van der Waals surface area (Å²) in [6, 6.07) is 14.7. The van der Waals surface area contributed by atoms with Crippen LogP contribution in [0.25, 0.3) is 10.9 Å². The molecule has 1 aliphatic rings. The third-order valence-corrected chi connectivity index (χ3v) is 6.82. The number of likely N-dealkylation sites (N-methyl/N-ethyl adjacent to an activating group) is 1. The Morgan fingerprint density at radius 2 is 2.12 bits per heavy atom. The first-order valence-corrected chi connectivity index (χ1v) is 13.7. The second-order valence-electron chi connectivity index (χ2n) is 9.49. The van der Waals surface area contributed by atoms with Gasteiger partial charge in [0.15, 0.2) is 5.75 Å². The highest BCUT2D eigenvalue weighted by molar-refractivity contribution is 6.32. The van der Waals surface area contributed by atoms with Gasteiger partial charge >= 0.3 is 0 Å². The molecule has 212 valence electrons. The zero-order valence-corrected chi connectivity index (χ0v) is 23.4. The van der Waals surface area contributed by atoms with Crippen molar-refractivity contribution in [1.82, 2.24) is 19.9 Å². The molecule has 0 atom stereocenters. The molecular formula is C30H31ClN6O4. The van der Waals surface area contributed by atoms with Crippen LogP contribution in [0, 0.1) is 0 Å². The molecule has 11 heteroatoms. The van der Waals surface area contributed by atoms with Gasteiger partial charge in [-0.3, -0.25) is 9.78 Å². The molecule has 0 radical (unpaired) electrons. The Kier molecular flexibility index (Phi) is 9.25. The molecule has 0 bridgehead atoms. The predicted molar refractivity (Wildman–Crippen MR) is 159 cm³/mol. The van der Waals surface area contributed by atoms with E-state index in [0.29, 0.717) is 77.3 Å². The van der Waals surface area contributed by atoms with Crippen LogP contribution in [0.15, 0.2) is 73.2 Å². The SMILES string of the molecule is CN(C/C=C/C(=O)N1CCOc2c1ccc1ncnc(Nc3ccc(OCc4ccccn4)c(Cl)c3)c21)CCCO. The van der Waals surface area contributed by atoms with E-state index in [-0.39, 0.29) is 12.5 Å². The number of rotatable bonds is 11. The summed E-state index contributed by atoms with van der Waals surface area (Å²) in [5.41, 5.74) is 2.84. The van der Waals surface area contributed by atoms with Crippen LogP contribution in [0.1, 0.15) is 12.1 Å². The summed E-state index contributed by atoms with van der Waals surface area (Å²) >= 11 is 6.53. The van der Waals surface area contributed by atoms with Crippen LogP contribution in [0.2, 0.25) is 5.02 Å². The summed E-state index contributed by atoms with van der Waals surface area (Å²) in [7, 11) is 1.95. The fraction of sp³-hybridized carbons (Fsp3) is 0.267. The van der Waals surface area contributed by atoms with Crippen molar-refractivity contribution in [2.24, 2.45) is 0 Å². The predicted octanol–water partition coefficient (Wildman–Crippen LogP) is 4.60. The smallest absolute Gasteiger partial charge is 0.250 e. The van der Waals surface area contributed by atoms with Gasteiger partial charge in [-0.2, -0.15) is 0 Å². The maximum absolute atomic E-state index is 13.1. The number of carbonyl (C=O) groups excluding carboxylic acids is 1. The summed E-state index contributed by atoms with van der Waals surface area (Å²) in [4.78, 5) is 30.0. The lowest BCUT2D eigenvalue weighted by Gasteiger charge is -2.30. The number of fused-ring (bicyclic) bond motifs is 3. The highest BCUT2D eigenvalue weighted by Gasteiger charge is 2.26. The van der Waals surface area contributed by atoms with Crippen LogP contribution in [0.4, 0.5) is 17.2 Å².